The van der Waals surface area contributed by atoms with Crippen LogP contribution in [0, 0.1) is 0 Å². The van der Waals surface area contributed by atoms with E-state index in [1.54, 1.807) is 43.3 Å². The van der Waals surface area contributed by atoms with Crippen LogP contribution in [0.4, 0.5) is 9.18 Å². The molecule has 3 rings (SSSR count). The Kier molecular flexibility index (Phi) is 10.6. The molecule has 3 N–H and O–H groups in total. The predicted octanol–water partition coefficient (Wildman–Crippen LogP) is 4.43. The first kappa shape index (κ1) is 30.6. The lowest BCUT2D eigenvalue weighted by atomic mass is 10.00. The van der Waals surface area contributed by atoms with E-state index < -0.39 is 40.8 Å². The van der Waals surface area contributed by atoms with Crippen LogP contribution >= 0.6 is 0 Å². The molecule has 40 heavy (non-hydrogen) atoms. The quantitative estimate of drug-likeness (QED) is 0.258. The van der Waals surface area contributed by atoms with Crippen molar-refractivity contribution in [3.8, 4) is 16.9 Å². The number of carboxylic acid groups (broad SMARTS) is 1. The van der Waals surface area contributed by atoms with E-state index in [1.807, 2.05) is 35.1 Å². The van der Waals surface area contributed by atoms with Crippen LogP contribution in [0.15, 0.2) is 72.8 Å². The van der Waals surface area contributed by atoms with E-state index in [2.05, 4.69) is 0 Å². The normalized spacial score (nSPS) is 12.8. The van der Waals surface area contributed by atoms with Gasteiger partial charge in [0.25, 0.3) is 5.91 Å². The minimum atomic E-state index is -3.79. The Morgan fingerprint density at radius 2 is 1.68 bits per heavy atom. The molecule has 11 heteroatoms. The number of halogens is 1. The molecule has 0 aromatic heterocycles. The first-order valence-electron chi connectivity index (χ1n) is 12.7. The number of carbonyl (C=O) groups is 2. The van der Waals surface area contributed by atoms with Crippen molar-refractivity contribution in [2.75, 3.05) is 26.1 Å². The smallest absolute Gasteiger partial charge is 0.407 e. The van der Waals surface area contributed by atoms with E-state index in [9.17, 15) is 32.6 Å². The Hall–Kier alpha value is -3.96. The number of hydrogen-bond acceptors (Lipinski definition) is 6. The van der Waals surface area contributed by atoms with Gasteiger partial charge in [0.05, 0.1) is 37.2 Å². The zero-order valence-electron chi connectivity index (χ0n) is 22.3. The van der Waals surface area contributed by atoms with Crippen LogP contribution in [0.2, 0.25) is 0 Å². The van der Waals surface area contributed by atoms with Crippen LogP contribution < -0.4 is 9.46 Å². The fourth-order valence-corrected chi connectivity index (χ4v) is 4.60. The number of nitrogens with zero attached hydrogens (tertiary/aromatic N) is 1. The fourth-order valence-electron chi connectivity index (χ4n) is 4.16. The average molecular weight is 573 g/mol. The summed E-state index contributed by atoms with van der Waals surface area (Å²) in [5, 5.41) is 20.4. The lowest BCUT2D eigenvalue weighted by molar-refractivity contribution is 0.0559. The minimum absolute atomic E-state index is 0.00484. The second-order valence-corrected chi connectivity index (χ2v) is 11.1. The van der Waals surface area contributed by atoms with Crippen molar-refractivity contribution in [2.24, 2.45) is 0 Å². The standard InChI is InChI=1S/C29H33FN2O7S/c1-20(27(33)23-7-4-3-5-8-23)32(29(35)36)17-15-21-9-11-22(12-10-21)24-13-14-25(28(34)31-40(2,37)38)26(19-24)39-18-6-16-30/h3-5,7-14,19-20,27,33H,6,15-18H2,1-2H3,(H,31,34)(H,35,36)/t20-,27-/m0/s1. The van der Waals surface area contributed by atoms with E-state index in [-0.39, 0.29) is 30.9 Å². The van der Waals surface area contributed by atoms with Gasteiger partial charge in [0.15, 0.2) is 0 Å². The summed E-state index contributed by atoms with van der Waals surface area (Å²) in [4.78, 5) is 25.6. The largest absolute Gasteiger partial charge is 0.493 e. The third kappa shape index (κ3) is 8.52. The number of benzene rings is 3. The lowest BCUT2D eigenvalue weighted by Gasteiger charge is -2.30. The van der Waals surface area contributed by atoms with Crippen molar-refractivity contribution in [3.63, 3.8) is 0 Å². The molecule has 0 fully saturated rings. The summed E-state index contributed by atoms with van der Waals surface area (Å²) in [5.41, 5.74) is 2.98. The molecule has 214 valence electrons. The number of hydrogen-bond donors (Lipinski definition) is 3. The average Bonchev–Trinajstić information content (AvgIpc) is 2.92. The van der Waals surface area contributed by atoms with Gasteiger partial charge in [-0.3, -0.25) is 9.18 Å². The van der Waals surface area contributed by atoms with Gasteiger partial charge in [0.1, 0.15) is 5.75 Å². The Morgan fingerprint density at radius 1 is 1.02 bits per heavy atom. The molecule has 0 aliphatic heterocycles. The molecule has 9 nitrogen and oxygen atoms in total. The first-order valence-corrected chi connectivity index (χ1v) is 14.6. The molecule has 0 radical (unpaired) electrons. The molecular weight excluding hydrogens is 539 g/mol. The highest BCUT2D eigenvalue weighted by Gasteiger charge is 2.26. The fraction of sp³-hybridized carbons (Fsp3) is 0.310. The number of carbonyl (C=O) groups excluding carboxylic acids is 1. The Balaban J connectivity index is 1.74. The maximum Gasteiger partial charge on any atom is 0.407 e. The Morgan fingerprint density at radius 3 is 2.27 bits per heavy atom. The van der Waals surface area contributed by atoms with Gasteiger partial charge in [-0.15, -0.1) is 0 Å². The maximum absolute atomic E-state index is 12.6. The molecule has 0 unspecified atom stereocenters. The molecule has 3 aromatic carbocycles. The molecule has 0 spiro atoms. The van der Waals surface area contributed by atoms with Crippen molar-refractivity contribution >= 4 is 22.0 Å². The van der Waals surface area contributed by atoms with E-state index >= 15 is 0 Å². The van der Waals surface area contributed by atoms with E-state index in [1.165, 1.54) is 11.0 Å². The van der Waals surface area contributed by atoms with Gasteiger partial charge < -0.3 is 19.8 Å². The second-order valence-electron chi connectivity index (χ2n) is 9.32. The predicted molar refractivity (Wildman–Crippen MR) is 150 cm³/mol. The molecule has 2 amide bonds. The summed E-state index contributed by atoms with van der Waals surface area (Å²) in [7, 11) is -3.79. The molecule has 0 aliphatic carbocycles. The number of amides is 2. The van der Waals surface area contributed by atoms with E-state index in [0.717, 1.165) is 17.4 Å². The molecule has 0 heterocycles. The molecule has 0 aliphatic rings. The molecule has 0 saturated carbocycles. The summed E-state index contributed by atoms with van der Waals surface area (Å²) < 4.78 is 43.1. The van der Waals surface area contributed by atoms with Crippen molar-refractivity contribution < 1.29 is 37.3 Å². The highest BCUT2D eigenvalue weighted by Crippen LogP contribution is 2.29. The number of alkyl halides is 1. The number of sulfonamides is 1. The summed E-state index contributed by atoms with van der Waals surface area (Å²) in [5.74, 6) is -0.728. The third-order valence-corrected chi connectivity index (χ3v) is 6.86. The maximum atomic E-state index is 12.6. The van der Waals surface area contributed by atoms with E-state index in [4.69, 9.17) is 4.74 Å². The zero-order valence-corrected chi connectivity index (χ0v) is 23.1. The SMILES string of the molecule is C[C@@H]([C@H](O)c1ccccc1)N(CCc1ccc(-c2ccc(C(=O)NS(C)(=O)=O)c(OCCCF)c2)cc1)C(=O)O. The van der Waals surface area contributed by atoms with Crippen LogP contribution in [0.1, 0.15) is 40.9 Å². The minimum Gasteiger partial charge on any atom is -0.493 e. The van der Waals surface area contributed by atoms with Crippen LogP contribution in [-0.4, -0.2) is 67.7 Å². The van der Waals surface area contributed by atoms with Gasteiger partial charge >= 0.3 is 6.09 Å². The Labute approximate surface area is 233 Å². The molecule has 0 bridgehead atoms. The van der Waals surface area contributed by atoms with Gasteiger partial charge in [-0.1, -0.05) is 60.7 Å². The Bertz CT molecular complexity index is 1400. The lowest BCUT2D eigenvalue weighted by Crippen LogP contribution is -2.42. The molecule has 3 aromatic rings. The molecule has 2 atom stereocenters. The zero-order chi connectivity index (χ0) is 29.3. The van der Waals surface area contributed by atoms with Gasteiger partial charge in [-0.2, -0.15) is 0 Å². The number of ether oxygens (including phenoxy) is 1. The summed E-state index contributed by atoms with van der Waals surface area (Å²) in [6.45, 7) is 1.25. The highest BCUT2D eigenvalue weighted by atomic mass is 32.2. The molecule has 0 saturated heterocycles. The van der Waals surface area contributed by atoms with Gasteiger partial charge in [0.2, 0.25) is 10.0 Å². The number of aliphatic hydroxyl groups excluding tert-OH is 1. The van der Waals surface area contributed by atoms with Crippen LogP contribution in [0.25, 0.3) is 11.1 Å². The number of rotatable bonds is 13. The van der Waals surface area contributed by atoms with Crippen LogP contribution in [0.5, 0.6) is 5.75 Å². The summed E-state index contributed by atoms with van der Waals surface area (Å²) in [6.07, 6.45) is -0.698. The number of nitrogens with one attached hydrogen (secondary N) is 1. The van der Waals surface area contributed by atoms with Crippen molar-refractivity contribution in [1.29, 1.82) is 0 Å². The second kappa shape index (κ2) is 13.9. The summed E-state index contributed by atoms with van der Waals surface area (Å²) in [6, 6.07) is 20.3. The van der Waals surface area contributed by atoms with Gasteiger partial charge in [-0.05, 0) is 47.7 Å². The van der Waals surface area contributed by atoms with Crippen LogP contribution in [-0.2, 0) is 16.4 Å². The molecular formula is C29H33FN2O7S. The van der Waals surface area contributed by atoms with E-state index in [0.29, 0.717) is 17.5 Å². The van der Waals surface area contributed by atoms with Crippen molar-refractivity contribution in [1.82, 2.24) is 9.62 Å². The highest BCUT2D eigenvalue weighted by molar-refractivity contribution is 7.89. The van der Waals surface area contributed by atoms with Crippen LogP contribution in [0.3, 0.4) is 0 Å². The topological polar surface area (TPSA) is 133 Å². The van der Waals surface area contributed by atoms with Crippen molar-refractivity contribution in [2.45, 2.75) is 31.9 Å². The first-order chi connectivity index (χ1) is 19.0. The van der Waals surface area contributed by atoms with Gasteiger partial charge in [-0.25, -0.2) is 17.9 Å². The monoisotopic (exact) mass is 572 g/mol. The van der Waals surface area contributed by atoms with Gasteiger partial charge in [0, 0.05) is 13.0 Å². The van der Waals surface area contributed by atoms with Crippen molar-refractivity contribution in [3.05, 3.63) is 89.5 Å². The summed E-state index contributed by atoms with van der Waals surface area (Å²) >= 11 is 0. The third-order valence-electron chi connectivity index (χ3n) is 6.30. The number of aliphatic hydroxyl groups is 1.